The number of benzene rings is 2. The van der Waals surface area contributed by atoms with Crippen molar-refractivity contribution in [1.82, 2.24) is 10.0 Å². The molecule has 0 heterocycles. The second-order valence-electron chi connectivity index (χ2n) is 6.45. The predicted octanol–water partition coefficient (Wildman–Crippen LogP) is 2.25. The van der Waals surface area contributed by atoms with E-state index < -0.39 is 16.0 Å². The van der Waals surface area contributed by atoms with Gasteiger partial charge in [0, 0.05) is 18.7 Å². The van der Waals surface area contributed by atoms with Crippen LogP contribution in [0.2, 0.25) is 0 Å². The number of hydrogen-bond donors (Lipinski definition) is 3. The molecule has 144 valence electrons. The average molecular weight is 390 g/mol. The Bertz CT molecular complexity index is 904. The van der Waals surface area contributed by atoms with Crippen molar-refractivity contribution in [3.63, 3.8) is 0 Å². The minimum absolute atomic E-state index is 0.106. The maximum absolute atomic E-state index is 12.2. The van der Waals surface area contributed by atoms with Crippen molar-refractivity contribution in [1.29, 1.82) is 0 Å². The Kier molecular flexibility index (Phi) is 6.70. The van der Waals surface area contributed by atoms with E-state index in [9.17, 15) is 18.0 Å². The molecule has 0 saturated carbocycles. The van der Waals surface area contributed by atoms with Crippen molar-refractivity contribution >= 4 is 21.9 Å². The minimum atomic E-state index is -3.54. The molecule has 0 radical (unpaired) electrons. The van der Waals surface area contributed by atoms with Crippen LogP contribution in [-0.4, -0.2) is 31.9 Å². The summed E-state index contributed by atoms with van der Waals surface area (Å²) < 4.78 is 26.8. The van der Waals surface area contributed by atoms with E-state index in [1.165, 1.54) is 36.4 Å². The quantitative estimate of drug-likeness (QED) is 0.640. The molecular weight excluding hydrogens is 368 g/mol. The summed E-state index contributed by atoms with van der Waals surface area (Å²) in [7, 11) is -3.54. The maximum atomic E-state index is 12.2. The first-order valence-electron chi connectivity index (χ1n) is 8.39. The van der Waals surface area contributed by atoms with Gasteiger partial charge in [-0.05, 0) is 47.9 Å². The van der Waals surface area contributed by atoms with Gasteiger partial charge in [-0.2, -0.15) is 0 Å². The first-order chi connectivity index (χ1) is 12.7. The summed E-state index contributed by atoms with van der Waals surface area (Å²) in [6.45, 7) is 4.42. The lowest BCUT2D eigenvalue weighted by Gasteiger charge is -2.10. The summed E-state index contributed by atoms with van der Waals surface area (Å²) in [6, 6.07) is 11.9. The molecule has 0 aliphatic carbocycles. The zero-order valence-electron chi connectivity index (χ0n) is 15.1. The molecule has 0 aliphatic rings. The van der Waals surface area contributed by atoms with Crippen molar-refractivity contribution < 1.29 is 23.1 Å². The molecule has 0 atom stereocenters. The molecule has 27 heavy (non-hydrogen) atoms. The number of hydrogen-bond acceptors (Lipinski definition) is 4. The SMILES string of the molecule is CC(C)CNS(=O)(=O)c1ccc(CNC(=O)c2ccc(C(=O)O)cc2)cc1. The van der Waals surface area contributed by atoms with Crippen LogP contribution in [0.25, 0.3) is 0 Å². The number of sulfonamides is 1. The Labute approximate surface area is 158 Å². The summed E-state index contributed by atoms with van der Waals surface area (Å²) in [6.07, 6.45) is 0. The third-order valence-corrected chi connectivity index (χ3v) is 5.20. The first kappa shape index (κ1) is 20.6. The van der Waals surface area contributed by atoms with Crippen molar-refractivity contribution in [3.05, 3.63) is 65.2 Å². The highest BCUT2D eigenvalue weighted by Gasteiger charge is 2.14. The Hall–Kier alpha value is -2.71. The number of aromatic carboxylic acids is 1. The van der Waals surface area contributed by atoms with Gasteiger partial charge in [0.2, 0.25) is 10.0 Å². The van der Waals surface area contributed by atoms with Gasteiger partial charge in [-0.25, -0.2) is 17.9 Å². The molecule has 0 fully saturated rings. The fourth-order valence-electron chi connectivity index (χ4n) is 2.19. The Morgan fingerprint density at radius 2 is 1.52 bits per heavy atom. The van der Waals surface area contributed by atoms with Gasteiger partial charge in [0.25, 0.3) is 5.91 Å². The molecule has 1 amide bonds. The molecule has 3 N–H and O–H groups in total. The maximum Gasteiger partial charge on any atom is 0.335 e. The first-order valence-corrected chi connectivity index (χ1v) is 9.87. The number of nitrogens with one attached hydrogen (secondary N) is 2. The molecule has 0 aromatic heterocycles. The van der Waals surface area contributed by atoms with E-state index in [4.69, 9.17) is 5.11 Å². The summed E-state index contributed by atoms with van der Waals surface area (Å²) in [5.41, 5.74) is 1.19. The standard InChI is InChI=1S/C19H22N2O5S/c1-13(2)11-21-27(25,26)17-9-3-14(4-10-17)12-20-18(22)15-5-7-16(8-6-15)19(23)24/h3-10,13,21H,11-12H2,1-2H3,(H,20,22)(H,23,24). The second-order valence-corrected chi connectivity index (χ2v) is 8.22. The van der Waals surface area contributed by atoms with E-state index in [-0.39, 0.29) is 28.8 Å². The van der Waals surface area contributed by atoms with Crippen LogP contribution in [0.5, 0.6) is 0 Å². The molecule has 0 spiro atoms. The highest BCUT2D eigenvalue weighted by Crippen LogP contribution is 2.11. The second kappa shape index (κ2) is 8.79. The molecule has 7 nitrogen and oxygen atoms in total. The fraction of sp³-hybridized carbons (Fsp3) is 0.263. The number of carboxylic acids is 1. The normalized spacial score (nSPS) is 11.4. The van der Waals surface area contributed by atoms with E-state index >= 15 is 0 Å². The summed E-state index contributed by atoms with van der Waals surface area (Å²) in [5, 5.41) is 11.6. The zero-order valence-corrected chi connectivity index (χ0v) is 15.9. The number of rotatable bonds is 8. The molecule has 2 rings (SSSR count). The van der Waals surface area contributed by atoms with Gasteiger partial charge in [-0.1, -0.05) is 26.0 Å². The van der Waals surface area contributed by atoms with Gasteiger partial charge >= 0.3 is 5.97 Å². The predicted molar refractivity (Wildman–Crippen MR) is 101 cm³/mol. The van der Waals surface area contributed by atoms with E-state index in [0.29, 0.717) is 12.1 Å². The topological polar surface area (TPSA) is 113 Å². The van der Waals surface area contributed by atoms with Crippen molar-refractivity contribution in [2.75, 3.05) is 6.54 Å². The van der Waals surface area contributed by atoms with Crippen LogP contribution in [-0.2, 0) is 16.6 Å². The highest BCUT2D eigenvalue weighted by molar-refractivity contribution is 7.89. The molecular formula is C19H22N2O5S. The lowest BCUT2D eigenvalue weighted by molar-refractivity contribution is 0.0696. The smallest absolute Gasteiger partial charge is 0.335 e. The van der Waals surface area contributed by atoms with Crippen LogP contribution >= 0.6 is 0 Å². The fourth-order valence-corrected chi connectivity index (χ4v) is 3.41. The summed E-state index contributed by atoms with van der Waals surface area (Å²) in [5.74, 6) is -1.19. The van der Waals surface area contributed by atoms with Crippen LogP contribution in [0, 0.1) is 5.92 Å². The van der Waals surface area contributed by atoms with E-state index in [2.05, 4.69) is 10.0 Å². The number of carbonyl (C=O) groups excluding carboxylic acids is 1. The van der Waals surface area contributed by atoms with Crippen LogP contribution in [0.1, 0.15) is 40.1 Å². The molecule has 0 bridgehead atoms. The number of carboxylic acid groups (broad SMARTS) is 1. The largest absolute Gasteiger partial charge is 0.478 e. The van der Waals surface area contributed by atoms with Crippen LogP contribution < -0.4 is 10.0 Å². The molecule has 0 aliphatic heterocycles. The van der Waals surface area contributed by atoms with Crippen molar-refractivity contribution in [3.8, 4) is 0 Å². The summed E-state index contributed by atoms with van der Waals surface area (Å²) in [4.78, 5) is 23.1. The lowest BCUT2D eigenvalue weighted by atomic mass is 10.1. The van der Waals surface area contributed by atoms with Crippen LogP contribution in [0.15, 0.2) is 53.4 Å². The average Bonchev–Trinajstić information content (AvgIpc) is 2.65. The van der Waals surface area contributed by atoms with Crippen LogP contribution in [0.3, 0.4) is 0 Å². The van der Waals surface area contributed by atoms with E-state index in [0.717, 1.165) is 5.56 Å². The van der Waals surface area contributed by atoms with Gasteiger partial charge in [0.15, 0.2) is 0 Å². The van der Waals surface area contributed by atoms with Crippen molar-refractivity contribution in [2.24, 2.45) is 5.92 Å². The number of amides is 1. The van der Waals surface area contributed by atoms with Gasteiger partial charge in [0.05, 0.1) is 10.5 Å². The van der Waals surface area contributed by atoms with Gasteiger partial charge < -0.3 is 10.4 Å². The molecule has 0 unspecified atom stereocenters. The zero-order chi connectivity index (χ0) is 20.0. The molecule has 0 saturated heterocycles. The molecule has 2 aromatic carbocycles. The molecule has 8 heteroatoms. The van der Waals surface area contributed by atoms with Crippen molar-refractivity contribution in [2.45, 2.75) is 25.3 Å². The van der Waals surface area contributed by atoms with E-state index in [1.54, 1.807) is 12.1 Å². The molecule has 2 aromatic rings. The third kappa shape index (κ3) is 5.90. The van der Waals surface area contributed by atoms with Gasteiger partial charge in [-0.15, -0.1) is 0 Å². The Morgan fingerprint density at radius 3 is 2.04 bits per heavy atom. The minimum Gasteiger partial charge on any atom is -0.478 e. The Morgan fingerprint density at radius 1 is 0.963 bits per heavy atom. The lowest BCUT2D eigenvalue weighted by Crippen LogP contribution is -2.27. The van der Waals surface area contributed by atoms with Crippen LogP contribution in [0.4, 0.5) is 0 Å². The van der Waals surface area contributed by atoms with E-state index in [1.807, 2.05) is 13.8 Å². The third-order valence-electron chi connectivity index (χ3n) is 3.76. The van der Waals surface area contributed by atoms with Gasteiger partial charge in [0.1, 0.15) is 0 Å². The Balaban J connectivity index is 1.96. The number of carbonyl (C=O) groups is 2. The summed E-state index contributed by atoms with van der Waals surface area (Å²) >= 11 is 0. The highest BCUT2D eigenvalue weighted by atomic mass is 32.2. The monoisotopic (exact) mass is 390 g/mol. The van der Waals surface area contributed by atoms with Gasteiger partial charge in [-0.3, -0.25) is 4.79 Å².